The van der Waals surface area contributed by atoms with Crippen LogP contribution in [0.1, 0.15) is 31.7 Å². The summed E-state index contributed by atoms with van der Waals surface area (Å²) in [5.41, 5.74) is 0. The van der Waals surface area contributed by atoms with Gasteiger partial charge in [0.15, 0.2) is 11.8 Å². The van der Waals surface area contributed by atoms with Crippen LogP contribution in [0.3, 0.4) is 0 Å². The second-order valence-corrected chi connectivity index (χ2v) is 6.21. The summed E-state index contributed by atoms with van der Waals surface area (Å²) in [6.45, 7) is 5.92. The van der Waals surface area contributed by atoms with Crippen LogP contribution in [0.2, 0.25) is 5.02 Å². The molecule has 1 aromatic carbocycles. The Balaban J connectivity index is 0.00000392. The van der Waals surface area contributed by atoms with E-state index in [9.17, 15) is 0 Å². The van der Waals surface area contributed by atoms with Gasteiger partial charge in [0.1, 0.15) is 18.5 Å². The summed E-state index contributed by atoms with van der Waals surface area (Å²) in [7, 11) is 3.64. The third-order valence-electron chi connectivity index (χ3n) is 3.73. The highest BCUT2D eigenvalue weighted by Crippen LogP contribution is 2.17. The van der Waals surface area contributed by atoms with Crippen LogP contribution in [0.25, 0.3) is 0 Å². The molecule has 156 valence electrons. The molecule has 10 heteroatoms. The second kappa shape index (κ2) is 12.8. The van der Waals surface area contributed by atoms with Crippen molar-refractivity contribution < 1.29 is 14.0 Å². The Morgan fingerprint density at radius 1 is 1.43 bits per heavy atom. The molecule has 8 nitrogen and oxygen atoms in total. The van der Waals surface area contributed by atoms with E-state index in [0.29, 0.717) is 49.0 Å². The van der Waals surface area contributed by atoms with Gasteiger partial charge in [-0.15, -0.1) is 24.0 Å². The van der Waals surface area contributed by atoms with E-state index in [2.05, 4.69) is 20.4 Å². The van der Waals surface area contributed by atoms with Crippen LogP contribution in [-0.2, 0) is 11.3 Å². The van der Waals surface area contributed by atoms with Gasteiger partial charge in [0, 0.05) is 25.7 Å². The summed E-state index contributed by atoms with van der Waals surface area (Å²) in [6.07, 6.45) is -0.196. The normalized spacial score (nSPS) is 12.2. The summed E-state index contributed by atoms with van der Waals surface area (Å²) >= 11 is 5.95. The number of likely N-dealkylation sites (N-methyl/N-ethyl adjacent to an activating group) is 1. The van der Waals surface area contributed by atoms with Gasteiger partial charge in [-0.3, -0.25) is 4.99 Å². The van der Waals surface area contributed by atoms with Gasteiger partial charge < -0.3 is 24.2 Å². The lowest BCUT2D eigenvalue weighted by atomic mass is 10.3. The highest BCUT2D eigenvalue weighted by Gasteiger charge is 2.14. The maximum Gasteiger partial charge on any atom is 0.246 e. The van der Waals surface area contributed by atoms with Gasteiger partial charge >= 0.3 is 0 Å². The van der Waals surface area contributed by atoms with E-state index < -0.39 is 0 Å². The van der Waals surface area contributed by atoms with Crippen molar-refractivity contribution in [3.8, 4) is 5.75 Å². The second-order valence-electron chi connectivity index (χ2n) is 5.77. The van der Waals surface area contributed by atoms with E-state index in [1.165, 1.54) is 0 Å². The lowest BCUT2D eigenvalue weighted by Gasteiger charge is -2.21. The zero-order valence-corrected chi connectivity index (χ0v) is 19.6. The summed E-state index contributed by atoms with van der Waals surface area (Å²) in [5.74, 6) is 2.44. The Morgan fingerprint density at radius 3 is 2.89 bits per heavy atom. The topological polar surface area (TPSA) is 85.0 Å². The Labute approximate surface area is 187 Å². The highest BCUT2D eigenvalue weighted by molar-refractivity contribution is 14.0. The maximum absolute atomic E-state index is 5.95. The number of nitrogens with zero attached hydrogens (tertiary/aromatic N) is 4. The molecule has 2 aromatic rings. The van der Waals surface area contributed by atoms with Gasteiger partial charge in [-0.05, 0) is 32.0 Å². The van der Waals surface area contributed by atoms with Crippen molar-refractivity contribution in [3.63, 3.8) is 0 Å². The first-order chi connectivity index (χ1) is 13.0. The van der Waals surface area contributed by atoms with Crippen LogP contribution < -0.4 is 10.1 Å². The highest BCUT2D eigenvalue weighted by atomic mass is 127. The number of rotatable bonds is 9. The van der Waals surface area contributed by atoms with Crippen LogP contribution in [-0.4, -0.2) is 54.9 Å². The van der Waals surface area contributed by atoms with Crippen molar-refractivity contribution in [1.82, 2.24) is 20.4 Å². The molecule has 0 saturated carbocycles. The van der Waals surface area contributed by atoms with Crippen LogP contribution in [0.5, 0.6) is 5.75 Å². The van der Waals surface area contributed by atoms with E-state index >= 15 is 0 Å². The van der Waals surface area contributed by atoms with Crippen LogP contribution >= 0.6 is 35.6 Å². The number of aromatic nitrogens is 2. The van der Waals surface area contributed by atoms with Gasteiger partial charge in [0.25, 0.3) is 0 Å². The van der Waals surface area contributed by atoms with Crippen molar-refractivity contribution >= 4 is 41.5 Å². The largest absolute Gasteiger partial charge is 0.492 e. The molecule has 0 saturated heterocycles. The molecule has 0 aliphatic heterocycles. The number of aliphatic imine (C=N–C) groups is 1. The Morgan fingerprint density at radius 2 is 2.21 bits per heavy atom. The molecule has 2 rings (SSSR count). The fourth-order valence-electron chi connectivity index (χ4n) is 2.33. The molecule has 0 bridgehead atoms. The van der Waals surface area contributed by atoms with Gasteiger partial charge in [-0.2, -0.15) is 4.98 Å². The Hall–Kier alpha value is -1.59. The predicted octanol–water partition coefficient (Wildman–Crippen LogP) is 3.52. The van der Waals surface area contributed by atoms with E-state index in [0.717, 1.165) is 5.75 Å². The number of ether oxygens (including phenoxy) is 2. The first-order valence-electron chi connectivity index (χ1n) is 8.77. The average Bonchev–Trinajstić information content (AvgIpc) is 3.12. The summed E-state index contributed by atoms with van der Waals surface area (Å²) in [4.78, 5) is 10.5. The van der Waals surface area contributed by atoms with Crippen LogP contribution in [0, 0.1) is 0 Å². The molecular formula is C18H27ClIN5O3. The fourth-order valence-corrected chi connectivity index (χ4v) is 2.51. The molecular weight excluding hydrogens is 497 g/mol. The van der Waals surface area contributed by atoms with Gasteiger partial charge in [0.05, 0.1) is 13.1 Å². The molecule has 1 N–H and O–H groups in total. The number of halogens is 2. The SMILES string of the molecule is CCOC(C)c1noc(CNC(=NC)N(C)CCOc2cccc(Cl)c2)n1.I. The van der Waals surface area contributed by atoms with Gasteiger partial charge in [0.2, 0.25) is 5.89 Å². The minimum absolute atomic E-state index is 0. The fraction of sp³-hybridized carbons (Fsp3) is 0.500. The number of hydrogen-bond acceptors (Lipinski definition) is 6. The Bertz CT molecular complexity index is 744. The van der Waals surface area contributed by atoms with Gasteiger partial charge in [-0.1, -0.05) is 22.8 Å². The first kappa shape index (κ1) is 24.4. The Kier molecular flexibility index (Phi) is 11.2. The third kappa shape index (κ3) is 7.80. The number of benzene rings is 1. The number of nitrogens with one attached hydrogen (secondary N) is 1. The molecule has 0 fully saturated rings. The summed E-state index contributed by atoms with van der Waals surface area (Å²) in [6, 6.07) is 7.32. The van der Waals surface area contributed by atoms with E-state index in [1.807, 2.05) is 44.0 Å². The molecule has 0 radical (unpaired) electrons. The van der Waals surface area contributed by atoms with Crippen molar-refractivity contribution in [2.75, 3.05) is 33.9 Å². The average molecular weight is 524 g/mol. The maximum atomic E-state index is 5.95. The van der Waals surface area contributed by atoms with Crippen molar-refractivity contribution in [2.24, 2.45) is 4.99 Å². The smallest absolute Gasteiger partial charge is 0.246 e. The molecule has 1 unspecified atom stereocenters. The van der Waals surface area contributed by atoms with Gasteiger partial charge in [-0.25, -0.2) is 0 Å². The third-order valence-corrected chi connectivity index (χ3v) is 3.96. The van der Waals surface area contributed by atoms with E-state index in [4.69, 9.17) is 25.6 Å². The number of guanidine groups is 1. The molecule has 1 heterocycles. The molecule has 0 spiro atoms. The van der Waals surface area contributed by atoms with E-state index in [1.54, 1.807) is 13.1 Å². The quantitative estimate of drug-likeness (QED) is 0.306. The van der Waals surface area contributed by atoms with Crippen LogP contribution in [0.15, 0.2) is 33.8 Å². The van der Waals surface area contributed by atoms with Crippen molar-refractivity contribution in [2.45, 2.75) is 26.5 Å². The lowest BCUT2D eigenvalue weighted by molar-refractivity contribution is 0.0683. The zero-order chi connectivity index (χ0) is 19.6. The molecule has 1 atom stereocenters. The molecule has 0 aliphatic rings. The standard InChI is InChI=1S/C18H26ClN5O3.HI/c1-5-25-13(2)17-22-16(27-23-17)12-21-18(20-3)24(4)9-10-26-15-8-6-7-14(19)11-15;/h6-8,11,13H,5,9-10,12H2,1-4H3,(H,20,21);1H. The summed E-state index contributed by atoms with van der Waals surface area (Å²) < 4.78 is 16.4. The first-order valence-corrected chi connectivity index (χ1v) is 9.15. The monoisotopic (exact) mass is 523 g/mol. The van der Waals surface area contributed by atoms with Crippen molar-refractivity contribution in [1.29, 1.82) is 0 Å². The zero-order valence-electron chi connectivity index (χ0n) is 16.5. The molecule has 28 heavy (non-hydrogen) atoms. The predicted molar refractivity (Wildman–Crippen MR) is 120 cm³/mol. The summed E-state index contributed by atoms with van der Waals surface area (Å²) in [5, 5.41) is 7.78. The number of hydrogen-bond donors (Lipinski definition) is 1. The molecule has 1 aromatic heterocycles. The van der Waals surface area contributed by atoms with Crippen LogP contribution in [0.4, 0.5) is 0 Å². The minimum atomic E-state index is -0.196. The minimum Gasteiger partial charge on any atom is -0.492 e. The van der Waals surface area contributed by atoms with Crippen molar-refractivity contribution in [3.05, 3.63) is 41.0 Å². The van der Waals surface area contributed by atoms with E-state index in [-0.39, 0.29) is 30.1 Å². The lowest BCUT2D eigenvalue weighted by Crippen LogP contribution is -2.40. The molecule has 0 amide bonds. The molecule has 0 aliphatic carbocycles.